The van der Waals surface area contributed by atoms with Gasteiger partial charge in [-0.3, -0.25) is 0 Å². The average Bonchev–Trinajstić information content (AvgIpc) is 2.98. The fourth-order valence-electron chi connectivity index (χ4n) is 2.12. The lowest BCUT2D eigenvalue weighted by atomic mass is 9.78. The van der Waals surface area contributed by atoms with Crippen molar-refractivity contribution in [2.75, 3.05) is 12.9 Å². The number of carbonyl (C=O) groups is 1. The van der Waals surface area contributed by atoms with Crippen LogP contribution in [0.3, 0.4) is 0 Å². The smallest absolute Gasteiger partial charge is 0.464 e. The number of thiol groups is 1. The first-order chi connectivity index (χ1) is 10.2. The molecule has 22 heavy (non-hydrogen) atoms. The number of rotatable bonds is 4. The van der Waals surface area contributed by atoms with E-state index in [1.54, 1.807) is 12.3 Å². The maximum atomic E-state index is 11.5. The Labute approximate surface area is 137 Å². The maximum Gasteiger partial charge on any atom is 0.491 e. The zero-order valence-electron chi connectivity index (χ0n) is 13.6. The number of hydrogen-bond acceptors (Lipinski definition) is 5. The van der Waals surface area contributed by atoms with Gasteiger partial charge < -0.3 is 19.0 Å². The Balaban J connectivity index is 2.22. The molecular formula is C15H22BNO4S. The minimum Gasteiger partial charge on any atom is -0.464 e. The van der Waals surface area contributed by atoms with Gasteiger partial charge in [-0.05, 0) is 44.8 Å². The molecule has 0 aromatic carbocycles. The van der Waals surface area contributed by atoms with Gasteiger partial charge in [-0.1, -0.05) is 6.08 Å². The molecule has 1 aliphatic rings. The highest BCUT2D eigenvalue weighted by atomic mass is 32.1. The second-order valence-electron chi connectivity index (χ2n) is 6.30. The van der Waals surface area contributed by atoms with Crippen LogP contribution in [0.25, 0.3) is 6.08 Å². The Bertz CT molecular complexity index is 578. The molecule has 1 saturated heterocycles. The highest BCUT2D eigenvalue weighted by molar-refractivity contribution is 7.80. The van der Waals surface area contributed by atoms with Crippen LogP contribution in [-0.4, -0.2) is 42.1 Å². The lowest BCUT2D eigenvalue weighted by molar-refractivity contribution is 0.00578. The Morgan fingerprint density at radius 2 is 1.95 bits per heavy atom. The summed E-state index contributed by atoms with van der Waals surface area (Å²) in [4.78, 5) is 14.4. The number of aromatic nitrogens is 1. The topological polar surface area (TPSA) is 60.6 Å². The van der Waals surface area contributed by atoms with Crippen LogP contribution in [0.15, 0.2) is 17.7 Å². The fourth-order valence-corrected chi connectivity index (χ4v) is 2.36. The summed E-state index contributed by atoms with van der Waals surface area (Å²) in [6.45, 7) is 8.03. The Morgan fingerprint density at radius 3 is 2.45 bits per heavy atom. The van der Waals surface area contributed by atoms with Gasteiger partial charge in [0.2, 0.25) is 0 Å². The minimum absolute atomic E-state index is 0.394. The second kappa shape index (κ2) is 6.14. The Morgan fingerprint density at radius 1 is 1.36 bits per heavy atom. The normalized spacial score (nSPS) is 20.3. The number of carbonyl (C=O) groups excluding carboxylic acids is 1. The largest absolute Gasteiger partial charge is 0.491 e. The van der Waals surface area contributed by atoms with E-state index in [1.807, 2.05) is 33.8 Å². The number of methoxy groups -OCH3 is 1. The van der Waals surface area contributed by atoms with Crippen LogP contribution >= 0.6 is 12.6 Å². The molecule has 1 aliphatic heterocycles. The van der Waals surface area contributed by atoms with Gasteiger partial charge in [0, 0.05) is 11.9 Å². The third-order valence-electron chi connectivity index (χ3n) is 4.20. The van der Waals surface area contributed by atoms with Crippen molar-refractivity contribution in [1.29, 1.82) is 0 Å². The minimum atomic E-state index is -0.445. The highest BCUT2D eigenvalue weighted by Gasteiger charge is 2.52. The van der Waals surface area contributed by atoms with Crippen LogP contribution in [0, 0.1) is 0 Å². The monoisotopic (exact) mass is 323 g/mol. The molecule has 7 heteroatoms. The quantitative estimate of drug-likeness (QED) is 0.508. The van der Waals surface area contributed by atoms with E-state index in [2.05, 4.69) is 22.3 Å². The SMILES string of the molecule is COC(=O)c1cc(C=C(CS)B2OC(C)(C)C(C)(C)O2)c[nH]1. The fraction of sp³-hybridized carbons (Fsp3) is 0.533. The first-order valence-corrected chi connectivity index (χ1v) is 7.77. The van der Waals surface area contributed by atoms with Crippen molar-refractivity contribution in [1.82, 2.24) is 4.98 Å². The summed E-state index contributed by atoms with van der Waals surface area (Å²) in [6, 6.07) is 1.72. The number of aromatic amines is 1. The van der Waals surface area contributed by atoms with Gasteiger partial charge in [0.1, 0.15) is 5.69 Å². The van der Waals surface area contributed by atoms with Gasteiger partial charge in [-0.15, -0.1) is 0 Å². The maximum absolute atomic E-state index is 11.5. The second-order valence-corrected chi connectivity index (χ2v) is 6.62. The van der Waals surface area contributed by atoms with Crippen LogP contribution in [0.5, 0.6) is 0 Å². The summed E-state index contributed by atoms with van der Waals surface area (Å²) < 4.78 is 16.7. The summed E-state index contributed by atoms with van der Waals surface area (Å²) in [7, 11) is 0.904. The predicted octanol–water partition coefficient (Wildman–Crippen LogP) is 2.75. The molecule has 0 atom stereocenters. The van der Waals surface area contributed by atoms with Gasteiger partial charge in [0.05, 0.1) is 18.3 Å². The number of ether oxygens (including phenoxy) is 1. The highest BCUT2D eigenvalue weighted by Crippen LogP contribution is 2.39. The molecule has 0 unspecified atom stereocenters. The third kappa shape index (κ3) is 3.26. The lowest BCUT2D eigenvalue weighted by Crippen LogP contribution is -2.41. The molecule has 120 valence electrons. The molecule has 1 aromatic rings. The van der Waals surface area contributed by atoms with E-state index in [0.29, 0.717) is 11.4 Å². The van der Waals surface area contributed by atoms with Gasteiger partial charge in [0.15, 0.2) is 0 Å². The molecule has 0 aliphatic carbocycles. The summed E-state index contributed by atoms with van der Waals surface area (Å²) in [5, 5.41) is 0. The number of hydrogen-bond donors (Lipinski definition) is 2. The van der Waals surface area contributed by atoms with E-state index in [4.69, 9.17) is 9.31 Å². The van der Waals surface area contributed by atoms with Crippen molar-refractivity contribution in [3.8, 4) is 0 Å². The molecule has 1 N–H and O–H groups in total. The van der Waals surface area contributed by atoms with Crippen molar-refractivity contribution < 1.29 is 18.8 Å². The van der Waals surface area contributed by atoms with Gasteiger partial charge in [-0.25, -0.2) is 4.79 Å². The first kappa shape index (κ1) is 17.2. The Kier molecular flexibility index (Phi) is 4.80. The molecule has 0 radical (unpaired) electrons. The molecule has 0 amide bonds. The number of esters is 1. The van der Waals surface area contributed by atoms with Crippen LogP contribution in [-0.2, 0) is 14.0 Å². The van der Waals surface area contributed by atoms with E-state index >= 15 is 0 Å². The van der Waals surface area contributed by atoms with E-state index in [0.717, 1.165) is 11.0 Å². The molecule has 5 nitrogen and oxygen atoms in total. The molecule has 0 saturated carbocycles. The standard InChI is InChI=1S/C15H22BNO4S/c1-14(2)15(3,4)21-16(20-14)11(9-22)6-10-7-12(17-8-10)13(18)19-5/h6-8,17,22H,9H2,1-5H3. The number of nitrogens with one attached hydrogen (secondary N) is 1. The third-order valence-corrected chi connectivity index (χ3v) is 4.57. The Hall–Kier alpha value is -1.18. The van der Waals surface area contributed by atoms with Crippen LogP contribution in [0.1, 0.15) is 43.7 Å². The molecule has 2 rings (SSSR count). The molecule has 1 fully saturated rings. The van der Waals surface area contributed by atoms with Gasteiger partial charge in [-0.2, -0.15) is 12.6 Å². The van der Waals surface area contributed by atoms with Gasteiger partial charge >= 0.3 is 13.1 Å². The lowest BCUT2D eigenvalue weighted by Gasteiger charge is -2.32. The van der Waals surface area contributed by atoms with Crippen LogP contribution in [0.4, 0.5) is 0 Å². The summed E-state index contributed by atoms with van der Waals surface area (Å²) in [5.74, 6) is 0.0953. The van der Waals surface area contributed by atoms with Gasteiger partial charge in [0.25, 0.3) is 0 Å². The summed E-state index contributed by atoms with van der Waals surface area (Å²) in [6.07, 6.45) is 3.65. The summed E-state index contributed by atoms with van der Waals surface area (Å²) in [5.41, 5.74) is 1.36. The van der Waals surface area contributed by atoms with E-state index in [1.165, 1.54) is 7.11 Å². The molecule has 0 spiro atoms. The average molecular weight is 323 g/mol. The molecular weight excluding hydrogens is 301 g/mol. The van der Waals surface area contributed by atoms with E-state index < -0.39 is 24.3 Å². The zero-order chi connectivity index (χ0) is 16.5. The summed E-state index contributed by atoms with van der Waals surface area (Å²) >= 11 is 4.37. The molecule has 0 bridgehead atoms. The molecule has 2 heterocycles. The zero-order valence-corrected chi connectivity index (χ0v) is 14.5. The van der Waals surface area contributed by atoms with Crippen molar-refractivity contribution in [3.63, 3.8) is 0 Å². The van der Waals surface area contributed by atoms with Crippen LogP contribution in [0.2, 0.25) is 0 Å². The van der Waals surface area contributed by atoms with Crippen molar-refractivity contribution in [2.45, 2.75) is 38.9 Å². The van der Waals surface area contributed by atoms with Crippen LogP contribution < -0.4 is 0 Å². The molecule has 1 aromatic heterocycles. The van der Waals surface area contributed by atoms with Crippen molar-refractivity contribution in [2.24, 2.45) is 0 Å². The van der Waals surface area contributed by atoms with Crippen molar-refractivity contribution in [3.05, 3.63) is 29.0 Å². The van der Waals surface area contributed by atoms with E-state index in [-0.39, 0.29) is 0 Å². The van der Waals surface area contributed by atoms with E-state index in [9.17, 15) is 4.79 Å². The number of H-pyrrole nitrogens is 1. The van der Waals surface area contributed by atoms with Crippen molar-refractivity contribution >= 4 is 31.8 Å². The first-order valence-electron chi connectivity index (χ1n) is 7.14. The predicted molar refractivity (Wildman–Crippen MR) is 90.0 cm³/mol.